The van der Waals surface area contributed by atoms with Gasteiger partial charge >= 0.3 is 0 Å². The van der Waals surface area contributed by atoms with Gasteiger partial charge in [-0.1, -0.05) is 113 Å². The summed E-state index contributed by atoms with van der Waals surface area (Å²) in [6, 6.07) is 1.54. The second-order valence-corrected chi connectivity index (χ2v) is 25.7. The molecule has 11 rings (SSSR count). The number of hydrogen-bond donors (Lipinski definition) is 4. The lowest BCUT2D eigenvalue weighted by molar-refractivity contribution is 0.0243. The molecule has 8 aliphatic carbocycles. The van der Waals surface area contributed by atoms with Gasteiger partial charge in [0.1, 0.15) is 0 Å². The monoisotopic (exact) mass is 944 g/mol. The number of hydrogen-bond acceptors (Lipinski definition) is 5. The molecule has 18 atom stereocenters. The molecule has 0 bridgehead atoms. The summed E-state index contributed by atoms with van der Waals surface area (Å²) in [7, 11) is 0. The molecule has 11 aliphatic rings. The molecule has 2 saturated heterocycles. The molecule has 0 amide bonds. The molecule has 0 spiro atoms. The van der Waals surface area contributed by atoms with Crippen molar-refractivity contribution in [2.45, 2.75) is 180 Å². The largest absolute Gasteiger partial charge is 0.327 e. The van der Waals surface area contributed by atoms with E-state index in [1.54, 1.807) is 17.4 Å². The van der Waals surface area contributed by atoms with Crippen LogP contribution in [0.5, 0.6) is 0 Å². The van der Waals surface area contributed by atoms with E-state index in [1.807, 2.05) is 0 Å². The minimum absolute atomic E-state index is 0.186. The Bertz CT molecular complexity index is 2170. The summed E-state index contributed by atoms with van der Waals surface area (Å²) in [4.78, 5) is 4.64. The van der Waals surface area contributed by atoms with Crippen molar-refractivity contribution in [3.8, 4) is 0 Å². The average Bonchev–Trinajstić information content (AvgIpc) is 3.35. The molecular formula is C65H93N5. The maximum atomic E-state index is 7.88. The van der Waals surface area contributed by atoms with Crippen molar-refractivity contribution in [3.05, 3.63) is 106 Å². The lowest BCUT2D eigenvalue weighted by atomic mass is 9.57. The van der Waals surface area contributed by atoms with Gasteiger partial charge in [-0.3, -0.25) is 4.99 Å². The number of allylic oxidation sites excluding steroid dienone is 15. The summed E-state index contributed by atoms with van der Waals surface area (Å²) in [5.41, 5.74) is 16.2. The zero-order chi connectivity index (χ0) is 47.6. The van der Waals surface area contributed by atoms with Crippen molar-refractivity contribution >= 4 is 12.4 Å². The molecule has 0 radical (unpaired) electrons. The predicted molar refractivity (Wildman–Crippen MR) is 295 cm³/mol. The van der Waals surface area contributed by atoms with Gasteiger partial charge in [-0.05, 0) is 251 Å². The molecule has 70 heavy (non-hydrogen) atoms. The van der Waals surface area contributed by atoms with E-state index in [9.17, 15) is 0 Å². The highest BCUT2D eigenvalue weighted by Crippen LogP contribution is 2.53. The van der Waals surface area contributed by atoms with Crippen LogP contribution in [0.15, 0.2) is 111 Å². The smallest absolute Gasteiger partial charge is 0.0488 e. The van der Waals surface area contributed by atoms with Crippen LogP contribution >= 0.6 is 0 Å². The van der Waals surface area contributed by atoms with E-state index in [-0.39, 0.29) is 6.04 Å². The number of nitrogens with zero attached hydrogens (tertiary/aromatic N) is 1. The third-order valence-electron chi connectivity index (χ3n) is 21.5. The summed E-state index contributed by atoms with van der Waals surface area (Å²) in [6.07, 6.45) is 64.3. The highest BCUT2D eigenvalue weighted by molar-refractivity contribution is 5.72. The van der Waals surface area contributed by atoms with Gasteiger partial charge in [-0.15, -0.1) is 0 Å². The Balaban J connectivity index is 0.763. The Labute approximate surface area is 425 Å². The Hall–Kier alpha value is -3.12. The van der Waals surface area contributed by atoms with Gasteiger partial charge in [0.25, 0.3) is 0 Å². The normalized spacial score (nSPS) is 42.0. The van der Waals surface area contributed by atoms with Gasteiger partial charge < -0.3 is 21.8 Å². The summed E-state index contributed by atoms with van der Waals surface area (Å²) in [5, 5.41) is 15.4. The molecule has 0 aromatic carbocycles. The molecule has 0 aromatic heterocycles. The van der Waals surface area contributed by atoms with E-state index >= 15 is 0 Å². The second-order valence-electron chi connectivity index (χ2n) is 25.7. The predicted octanol–water partition coefficient (Wildman–Crippen LogP) is 14.5. The zero-order valence-electron chi connectivity index (χ0n) is 43.7. The topological polar surface area (TPSA) is 86.3 Å². The Morgan fingerprint density at radius 2 is 1.40 bits per heavy atom. The molecule has 5 nitrogen and oxygen atoms in total. The van der Waals surface area contributed by atoms with Crippen LogP contribution in [0.1, 0.15) is 162 Å². The maximum Gasteiger partial charge on any atom is 0.0488 e. The van der Waals surface area contributed by atoms with E-state index < -0.39 is 0 Å². The molecular weight excluding hydrogens is 851 g/mol. The first-order chi connectivity index (χ1) is 34.3. The molecule has 5 N–H and O–H groups in total. The van der Waals surface area contributed by atoms with Crippen LogP contribution in [0.3, 0.4) is 0 Å². The minimum atomic E-state index is 0.186. The van der Waals surface area contributed by atoms with Crippen molar-refractivity contribution in [2.75, 3.05) is 13.1 Å². The Kier molecular flexibility index (Phi) is 15.8. The van der Waals surface area contributed by atoms with E-state index in [1.165, 1.54) is 132 Å². The van der Waals surface area contributed by atoms with Crippen LogP contribution in [0.2, 0.25) is 0 Å². The highest BCUT2D eigenvalue weighted by atomic mass is 15.0. The van der Waals surface area contributed by atoms with E-state index in [0.717, 1.165) is 105 Å². The molecule has 5 heteroatoms. The maximum absolute atomic E-state index is 7.88. The lowest BCUT2D eigenvalue weighted by Crippen LogP contribution is -2.49. The van der Waals surface area contributed by atoms with Crippen molar-refractivity contribution in [2.24, 2.45) is 99.5 Å². The highest BCUT2D eigenvalue weighted by Gasteiger charge is 2.44. The summed E-state index contributed by atoms with van der Waals surface area (Å²) < 4.78 is 0. The SMILES string of the molecule is CC(CC(N)C1C=C(C2CC(C3=C/C(=C4/CC=N4)CC=C3)=CC(C3C=C(C4CCN4)C=CC3)C2)C=CC1)C1C=CCC(C2CC(C3CCCC(C(C)CC=N)C3)CC(C3CCCC(C4CCN4)C3)C2)C1. The van der Waals surface area contributed by atoms with Gasteiger partial charge in [0, 0.05) is 36.5 Å². The van der Waals surface area contributed by atoms with Crippen LogP contribution in [-0.2, 0) is 0 Å². The van der Waals surface area contributed by atoms with Crippen molar-refractivity contribution in [1.82, 2.24) is 10.6 Å². The quantitative estimate of drug-likeness (QED) is 0.0974. The van der Waals surface area contributed by atoms with Crippen molar-refractivity contribution < 1.29 is 0 Å². The van der Waals surface area contributed by atoms with Gasteiger partial charge in [0.05, 0.1) is 0 Å². The fourth-order valence-corrected chi connectivity index (χ4v) is 16.9. The summed E-state index contributed by atoms with van der Waals surface area (Å²) in [5.74, 6) is 11.0. The minimum Gasteiger partial charge on any atom is -0.327 e. The third-order valence-corrected chi connectivity index (χ3v) is 21.5. The van der Waals surface area contributed by atoms with Crippen LogP contribution in [0.4, 0.5) is 0 Å². The zero-order valence-corrected chi connectivity index (χ0v) is 43.7. The van der Waals surface area contributed by atoms with Gasteiger partial charge in [-0.25, -0.2) is 0 Å². The molecule has 5 fully saturated rings. The standard InChI is InChI=1S/C65H93N5/c1-42(21-25-66)44-9-3-11-46(30-44)56-36-57(38-59(37-56)49-14-6-18-53(33-49)63-22-26-68-63)47-12-4-10-45(31-47)43(2)29-62(67)52-17-5-13-48(32-52)58-39-60(50-15-7-19-54(34-50)64-23-27-69-64)41-61(40-58)51-16-8-20-55(35-51)65-24-28-70-65/h4-5,7-8,10,13,15,20,25,27,32,34-35,41-47,49,51-53,56-59,61-63,65-66,68,70H,3,6,9,11-12,14,16-19,21-24,26,28-31,33,36-40,67H2,1-2H3/b64-54-,66-25?. The van der Waals surface area contributed by atoms with Crippen LogP contribution in [0, 0.1) is 94.2 Å². The molecule has 0 aromatic rings. The fourth-order valence-electron chi connectivity index (χ4n) is 16.9. The van der Waals surface area contributed by atoms with Gasteiger partial charge in [-0.2, -0.15) is 0 Å². The molecule has 378 valence electrons. The second kappa shape index (κ2) is 22.6. The Morgan fingerprint density at radius 1 is 0.671 bits per heavy atom. The number of aliphatic imine (C=N–C) groups is 1. The molecule has 18 unspecified atom stereocenters. The van der Waals surface area contributed by atoms with E-state index in [0.29, 0.717) is 47.5 Å². The van der Waals surface area contributed by atoms with Crippen LogP contribution in [-0.4, -0.2) is 43.6 Å². The van der Waals surface area contributed by atoms with E-state index in [4.69, 9.17) is 11.1 Å². The molecule has 3 saturated carbocycles. The number of nitrogens with one attached hydrogen (secondary N) is 3. The first-order valence-corrected chi connectivity index (χ1v) is 29.8. The van der Waals surface area contributed by atoms with Crippen molar-refractivity contribution in [1.29, 1.82) is 5.41 Å². The van der Waals surface area contributed by atoms with Crippen LogP contribution in [0.25, 0.3) is 0 Å². The van der Waals surface area contributed by atoms with Gasteiger partial charge in [0.2, 0.25) is 0 Å². The van der Waals surface area contributed by atoms with Crippen LogP contribution < -0.4 is 16.4 Å². The first kappa shape index (κ1) is 49.1. The fraction of sp³-hybridized carbons (Fsp3) is 0.692. The molecule has 3 aliphatic heterocycles. The van der Waals surface area contributed by atoms with Crippen molar-refractivity contribution in [3.63, 3.8) is 0 Å². The average molecular weight is 944 g/mol. The Morgan fingerprint density at radius 3 is 2.14 bits per heavy atom. The van der Waals surface area contributed by atoms with Gasteiger partial charge in [0.15, 0.2) is 0 Å². The first-order valence-electron chi connectivity index (χ1n) is 29.8. The third kappa shape index (κ3) is 11.2. The summed E-state index contributed by atoms with van der Waals surface area (Å²) in [6.45, 7) is 7.41. The summed E-state index contributed by atoms with van der Waals surface area (Å²) >= 11 is 0. The number of nitrogens with two attached hydrogens (primary N) is 1. The van der Waals surface area contributed by atoms with E-state index in [2.05, 4.69) is 109 Å². The lowest BCUT2D eigenvalue weighted by Gasteiger charge is -2.49. The molecule has 3 heterocycles. The number of rotatable bonds is 15.